The maximum absolute atomic E-state index is 7.23. The first-order valence-electron chi connectivity index (χ1n) is 6.67. The van der Waals surface area contributed by atoms with Gasteiger partial charge in [-0.25, -0.2) is 0 Å². The van der Waals surface area contributed by atoms with Crippen LogP contribution in [0.3, 0.4) is 0 Å². The molecule has 0 aromatic rings. The molecule has 0 radical (unpaired) electrons. The van der Waals surface area contributed by atoms with Gasteiger partial charge in [0, 0.05) is 0 Å². The highest BCUT2D eigenvalue weighted by Gasteiger charge is 2.05. The maximum atomic E-state index is 7.23. The number of hydrogen-bond donors (Lipinski definition) is 3. The van der Waals surface area contributed by atoms with Gasteiger partial charge in [-0.3, -0.25) is 0 Å². The highest BCUT2D eigenvalue weighted by molar-refractivity contribution is 7.57. The summed E-state index contributed by atoms with van der Waals surface area (Å²) in [5.41, 5.74) is 0. The first kappa shape index (κ1) is 20.1. The Hall–Kier alpha value is 0.740. The maximum Gasteiger partial charge on any atom is 0.324 e. The van der Waals surface area contributed by atoms with Crippen LogP contribution in [0, 0.1) is 0 Å². The Morgan fingerprint density at radius 2 is 0.882 bits per heavy atom. The summed E-state index contributed by atoms with van der Waals surface area (Å²) in [4.78, 5) is 21.7. The van der Waals surface area contributed by atoms with Crippen LogP contribution in [0.4, 0.5) is 0 Å². The minimum atomic E-state index is -2.62. The molecule has 0 heterocycles. The molecule has 0 bridgehead atoms. The van der Waals surface area contributed by atoms with Crippen LogP contribution in [0.1, 0.15) is 59.3 Å². The minimum Gasteiger partial charge on any atom is -0.328 e. The summed E-state index contributed by atoms with van der Waals surface area (Å²) < 4.78 is 0. The molecule has 0 aromatic heterocycles. The molecule has 3 nitrogen and oxygen atoms in total. The molecular weight excluding hydrogens is 254 g/mol. The van der Waals surface area contributed by atoms with Gasteiger partial charge in [0.15, 0.2) is 0 Å². The Morgan fingerprint density at radius 1 is 0.647 bits per heavy atom. The molecule has 0 rings (SSSR count). The molecule has 17 heavy (non-hydrogen) atoms. The largest absolute Gasteiger partial charge is 0.328 e. The van der Waals surface area contributed by atoms with Gasteiger partial charge in [0.2, 0.25) is 0 Å². The normalized spacial score (nSPS) is 10.6. The summed E-state index contributed by atoms with van der Waals surface area (Å²) in [7, 11) is -2.20. The number of rotatable bonds is 9. The highest BCUT2D eigenvalue weighted by atomic mass is 31.2. The first-order valence-corrected chi connectivity index (χ1v) is 9.77. The lowest BCUT2D eigenvalue weighted by Crippen LogP contribution is -1.95. The quantitative estimate of drug-likeness (QED) is 0.559. The third-order valence-electron chi connectivity index (χ3n) is 2.48. The molecule has 0 unspecified atom stereocenters. The van der Waals surface area contributed by atoms with Gasteiger partial charge in [0.05, 0.1) is 0 Å². The average molecular weight is 284 g/mol. The Morgan fingerprint density at radius 3 is 1.06 bits per heavy atom. The Balaban J connectivity index is 0. The van der Waals surface area contributed by atoms with Crippen molar-refractivity contribution in [3.8, 4) is 0 Å². The monoisotopic (exact) mass is 284 g/mol. The van der Waals surface area contributed by atoms with Crippen LogP contribution >= 0.6 is 16.5 Å². The molecule has 0 aliphatic heterocycles. The molecule has 0 spiro atoms. The Bertz CT molecular complexity index is 113. The van der Waals surface area contributed by atoms with Crippen LogP contribution in [0.15, 0.2) is 0 Å². The van der Waals surface area contributed by atoms with E-state index in [1.54, 1.807) is 18.5 Å². The molecule has 0 aliphatic carbocycles. The van der Waals surface area contributed by atoms with E-state index in [4.69, 9.17) is 14.7 Å². The smallest absolute Gasteiger partial charge is 0.324 e. The molecule has 5 heteroatoms. The minimum absolute atomic E-state index is 0.422. The number of unbranched alkanes of at least 4 members (excludes halogenated alkanes) is 3. The van der Waals surface area contributed by atoms with Crippen molar-refractivity contribution in [2.24, 2.45) is 0 Å². The predicted molar refractivity (Wildman–Crippen MR) is 79.8 cm³/mol. The zero-order valence-electron chi connectivity index (χ0n) is 11.6. The lowest BCUT2D eigenvalue weighted by Gasteiger charge is -2.16. The number of hydrogen-bond acceptors (Lipinski definition) is 3. The second kappa shape index (κ2) is 16.7. The van der Waals surface area contributed by atoms with E-state index < -0.39 is 8.60 Å². The van der Waals surface area contributed by atoms with E-state index >= 15 is 0 Å². The molecule has 3 N–H and O–H groups in total. The molecule has 0 fully saturated rings. The van der Waals surface area contributed by atoms with Crippen molar-refractivity contribution >= 4 is 16.5 Å². The third kappa shape index (κ3) is 22.4. The van der Waals surface area contributed by atoms with Crippen LogP contribution in [-0.2, 0) is 0 Å². The van der Waals surface area contributed by atoms with Crippen molar-refractivity contribution < 1.29 is 14.7 Å². The van der Waals surface area contributed by atoms with Gasteiger partial charge < -0.3 is 14.7 Å². The van der Waals surface area contributed by atoms with Crippen molar-refractivity contribution in [2.75, 3.05) is 18.5 Å². The van der Waals surface area contributed by atoms with Crippen molar-refractivity contribution in [3.05, 3.63) is 0 Å². The van der Waals surface area contributed by atoms with Gasteiger partial charge in [-0.15, -0.1) is 7.92 Å². The predicted octanol–water partition coefficient (Wildman–Crippen LogP) is 4.06. The molecule has 0 amide bonds. The topological polar surface area (TPSA) is 60.7 Å². The second-order valence-corrected chi connectivity index (χ2v) is 7.39. The summed E-state index contributed by atoms with van der Waals surface area (Å²) in [6.45, 7) is 6.94. The highest BCUT2D eigenvalue weighted by Crippen LogP contribution is 2.38. The van der Waals surface area contributed by atoms with Gasteiger partial charge in [0.25, 0.3) is 0 Å². The average Bonchev–Trinajstić information content (AvgIpc) is 2.27. The van der Waals surface area contributed by atoms with E-state index in [9.17, 15) is 0 Å². The van der Waals surface area contributed by atoms with Gasteiger partial charge in [-0.1, -0.05) is 40.0 Å². The van der Waals surface area contributed by atoms with Gasteiger partial charge in [-0.05, 0) is 37.7 Å². The van der Waals surface area contributed by atoms with E-state index in [1.807, 2.05) is 0 Å². The fourth-order valence-corrected chi connectivity index (χ4v) is 4.44. The lowest BCUT2D eigenvalue weighted by molar-refractivity contribution is 0.368. The molecule has 106 valence electrons. The SMILES string of the molecule is CCCCP(CCCC)CCCC.OP(O)O. The lowest BCUT2D eigenvalue weighted by atomic mass is 10.4. The van der Waals surface area contributed by atoms with Gasteiger partial charge in [-0.2, -0.15) is 0 Å². The first-order chi connectivity index (χ1) is 8.08. The second-order valence-electron chi connectivity index (χ2n) is 4.17. The van der Waals surface area contributed by atoms with Crippen LogP contribution in [0.5, 0.6) is 0 Å². The van der Waals surface area contributed by atoms with Crippen molar-refractivity contribution in [1.82, 2.24) is 0 Å². The Kier molecular flexibility index (Phi) is 19.8. The van der Waals surface area contributed by atoms with Gasteiger partial charge >= 0.3 is 8.60 Å². The van der Waals surface area contributed by atoms with Crippen molar-refractivity contribution in [1.29, 1.82) is 0 Å². The van der Waals surface area contributed by atoms with E-state index in [0.717, 1.165) is 0 Å². The third-order valence-corrected chi connectivity index (χ3v) is 5.33. The van der Waals surface area contributed by atoms with Crippen molar-refractivity contribution in [2.45, 2.75) is 59.3 Å². The van der Waals surface area contributed by atoms with Crippen LogP contribution in [0.2, 0.25) is 0 Å². The Labute approximate surface area is 109 Å². The summed E-state index contributed by atoms with van der Waals surface area (Å²) in [5.74, 6) is 0. The van der Waals surface area contributed by atoms with E-state index in [0.29, 0.717) is 7.92 Å². The van der Waals surface area contributed by atoms with Crippen molar-refractivity contribution in [3.63, 3.8) is 0 Å². The van der Waals surface area contributed by atoms with Gasteiger partial charge in [0.1, 0.15) is 0 Å². The summed E-state index contributed by atoms with van der Waals surface area (Å²) >= 11 is 0. The van der Waals surface area contributed by atoms with Crippen LogP contribution in [0.25, 0.3) is 0 Å². The summed E-state index contributed by atoms with van der Waals surface area (Å²) in [6, 6.07) is 0. The molecular formula is C12H30O3P2. The molecule has 0 atom stereocenters. The van der Waals surface area contributed by atoms with E-state index in [-0.39, 0.29) is 0 Å². The van der Waals surface area contributed by atoms with E-state index in [1.165, 1.54) is 38.5 Å². The summed E-state index contributed by atoms with van der Waals surface area (Å²) in [6.07, 6.45) is 13.2. The standard InChI is InChI=1S/C12H27P.H3O3P/c1-4-7-10-13(11-8-5-2)12-9-6-3;1-4(2)3/h4-12H2,1-3H3;1-3H. The molecule has 0 saturated carbocycles. The molecule has 0 saturated heterocycles. The molecule has 0 aliphatic rings. The fourth-order valence-electron chi connectivity index (χ4n) is 1.48. The zero-order chi connectivity index (χ0) is 13.5. The zero-order valence-corrected chi connectivity index (χ0v) is 13.4. The van der Waals surface area contributed by atoms with Crippen LogP contribution in [-0.4, -0.2) is 33.2 Å². The fraction of sp³-hybridized carbons (Fsp3) is 1.00. The summed E-state index contributed by atoms with van der Waals surface area (Å²) in [5, 5.41) is 0. The molecule has 0 aromatic carbocycles. The van der Waals surface area contributed by atoms with E-state index in [2.05, 4.69) is 20.8 Å². The van der Waals surface area contributed by atoms with Crippen LogP contribution < -0.4 is 0 Å².